The van der Waals surface area contributed by atoms with Gasteiger partial charge in [0.2, 0.25) is 29.5 Å². The lowest BCUT2D eigenvalue weighted by Crippen LogP contribution is -2.60. The van der Waals surface area contributed by atoms with Crippen molar-refractivity contribution in [3.8, 4) is 0 Å². The van der Waals surface area contributed by atoms with Crippen molar-refractivity contribution < 1.29 is 52.7 Å². The van der Waals surface area contributed by atoms with Gasteiger partial charge < -0.3 is 45.0 Å². The van der Waals surface area contributed by atoms with Crippen molar-refractivity contribution in [3.63, 3.8) is 0 Å². The molecule has 0 spiro atoms. The van der Waals surface area contributed by atoms with Crippen LogP contribution in [-0.4, -0.2) is 145 Å². The number of amides is 6. The lowest BCUT2D eigenvalue weighted by atomic mass is 9.94. The number of hydrogen-bond acceptors (Lipinski definition) is 11. The van der Waals surface area contributed by atoms with Gasteiger partial charge in [0.15, 0.2) is 6.10 Å². The summed E-state index contributed by atoms with van der Waals surface area (Å²) in [7, 11) is 7.20. The molecule has 0 saturated carbocycles. The Kier molecular flexibility index (Phi) is 25.6. The second-order valence-corrected chi connectivity index (χ2v) is 21.3. The molecule has 1 aliphatic heterocycles. The van der Waals surface area contributed by atoms with E-state index in [1.165, 1.54) is 69.1 Å². The zero-order chi connectivity index (χ0) is 55.4. The maximum atomic E-state index is 15.2. The van der Waals surface area contributed by atoms with Gasteiger partial charge in [0.25, 0.3) is 5.91 Å². The van der Waals surface area contributed by atoms with Gasteiger partial charge in [-0.3, -0.25) is 28.8 Å². The fourth-order valence-corrected chi connectivity index (χ4v) is 9.49. The minimum Gasteiger partial charge on any atom is -0.466 e. The molecule has 414 valence electrons. The third-order valence-electron chi connectivity index (χ3n) is 14.1. The fraction of sp³-hybridized carbons (Fsp3) is 0.679. The SMILES string of the molecule is CCCCC(C)CC1NC(=O)C(Cc2cn(OC)c3ccccc23)N(C)C(=O)C(CC(C)C)NC(=O)C(CC(C)C)N(C)C(=O)C(CC(C)CCCC)NC(=O)C(CCC=CC(=O)OC)OC(=O)C(C)N(C)C1=O. The van der Waals surface area contributed by atoms with Crippen molar-refractivity contribution in [2.45, 2.75) is 188 Å². The Morgan fingerprint density at radius 3 is 1.72 bits per heavy atom. The first kappa shape index (κ1) is 62.4. The third kappa shape index (κ3) is 18.2. The van der Waals surface area contributed by atoms with Gasteiger partial charge in [-0.05, 0) is 80.8 Å². The number of esters is 2. The van der Waals surface area contributed by atoms with Crippen molar-refractivity contribution >= 4 is 58.3 Å². The molecule has 0 radical (unpaired) electrons. The van der Waals surface area contributed by atoms with E-state index in [-0.39, 0.29) is 68.6 Å². The predicted octanol–water partition coefficient (Wildman–Crippen LogP) is 6.16. The Hall–Kier alpha value is -5.94. The zero-order valence-electron chi connectivity index (χ0n) is 46.9. The number of allylic oxidation sites excluding steroid dienone is 1. The van der Waals surface area contributed by atoms with E-state index < -0.39 is 89.7 Å². The molecule has 74 heavy (non-hydrogen) atoms. The van der Waals surface area contributed by atoms with E-state index in [1.54, 1.807) is 10.9 Å². The van der Waals surface area contributed by atoms with Crippen LogP contribution in [0.2, 0.25) is 0 Å². The third-order valence-corrected chi connectivity index (χ3v) is 14.1. The molecule has 0 aliphatic carbocycles. The van der Waals surface area contributed by atoms with Gasteiger partial charge in [-0.1, -0.05) is 118 Å². The van der Waals surface area contributed by atoms with Crippen molar-refractivity contribution in [2.24, 2.45) is 23.7 Å². The lowest BCUT2D eigenvalue weighted by Gasteiger charge is -2.35. The average Bonchev–Trinajstić information content (AvgIpc) is 3.73. The highest BCUT2D eigenvalue weighted by Gasteiger charge is 2.41. The van der Waals surface area contributed by atoms with Crippen LogP contribution in [0.15, 0.2) is 42.6 Å². The van der Waals surface area contributed by atoms with Crippen LogP contribution < -0.4 is 20.8 Å². The summed E-state index contributed by atoms with van der Waals surface area (Å²) in [4.78, 5) is 125. The average molecular weight is 1040 g/mol. The molecule has 1 aromatic heterocycles. The summed E-state index contributed by atoms with van der Waals surface area (Å²) in [5, 5.41) is 9.66. The molecule has 18 heteroatoms. The molecular weight excluding hydrogens is 947 g/mol. The summed E-state index contributed by atoms with van der Waals surface area (Å²) in [6.07, 6.45) is 8.77. The molecule has 1 aliphatic rings. The molecule has 3 N–H and O–H groups in total. The van der Waals surface area contributed by atoms with Gasteiger partial charge in [0.1, 0.15) is 43.4 Å². The van der Waals surface area contributed by atoms with Crippen LogP contribution in [0.4, 0.5) is 0 Å². The molecule has 1 fully saturated rings. The lowest BCUT2D eigenvalue weighted by molar-refractivity contribution is -0.163. The van der Waals surface area contributed by atoms with Gasteiger partial charge >= 0.3 is 11.9 Å². The number of fused-ring (bicyclic) bond motifs is 1. The number of ether oxygens (including phenoxy) is 2. The van der Waals surface area contributed by atoms with Crippen LogP contribution in [0.3, 0.4) is 0 Å². The number of para-hydroxylation sites is 1. The number of unbranched alkanes of at least 4 members (excludes halogenated alkanes) is 2. The van der Waals surface area contributed by atoms with E-state index in [2.05, 4.69) is 29.8 Å². The zero-order valence-corrected chi connectivity index (χ0v) is 46.9. The molecular formula is C56H89N7O11. The normalized spacial score (nSPS) is 23.4. The second kappa shape index (κ2) is 30.4. The fourth-order valence-electron chi connectivity index (χ4n) is 9.49. The minimum absolute atomic E-state index is 0.0132. The number of nitrogens with one attached hydrogen (secondary N) is 3. The standard InChI is InChI=1S/C56H89N7O11/c1-15-17-23-37(7)31-43-53(68)60(10)39(9)56(71)74-48(27-21-22-28-49(64)72-13)52(67)59-44(32-38(8)24-18-16-2)55(70)61(11)46(30-36(5)6)50(65)57-42(29-35(3)4)54(69)62(12)47(51(66)58-43)33-40-34-63(73-14)45-26-20-19-25-41(40)45/h19-20,22,25-26,28,34-39,42-44,46-48H,15-18,21,23-24,27,29-33H2,1-14H3,(H,57,65)(H,58,66)(H,59,67). The Balaban J connectivity index is 2.34. The minimum atomic E-state index is -1.49. The number of aromatic nitrogens is 1. The Morgan fingerprint density at radius 2 is 1.19 bits per heavy atom. The summed E-state index contributed by atoms with van der Waals surface area (Å²) in [6, 6.07) is 0.412. The molecule has 18 nitrogen and oxygen atoms in total. The van der Waals surface area contributed by atoms with Crippen LogP contribution in [0, 0.1) is 23.7 Å². The van der Waals surface area contributed by atoms with Gasteiger partial charge in [-0.15, -0.1) is 0 Å². The van der Waals surface area contributed by atoms with Gasteiger partial charge in [0.05, 0.1) is 12.6 Å². The summed E-state index contributed by atoms with van der Waals surface area (Å²) in [6.45, 7) is 17.2. The van der Waals surface area contributed by atoms with Crippen molar-refractivity contribution in [1.29, 1.82) is 0 Å². The number of rotatable bonds is 21. The van der Waals surface area contributed by atoms with E-state index in [4.69, 9.17) is 14.3 Å². The molecule has 1 aromatic carbocycles. The molecule has 6 amide bonds. The highest BCUT2D eigenvalue weighted by Crippen LogP contribution is 2.26. The maximum Gasteiger partial charge on any atom is 0.330 e. The summed E-state index contributed by atoms with van der Waals surface area (Å²) in [5.41, 5.74) is 1.41. The van der Waals surface area contributed by atoms with E-state index in [1.807, 2.05) is 65.8 Å². The van der Waals surface area contributed by atoms with E-state index >= 15 is 9.59 Å². The second-order valence-electron chi connectivity index (χ2n) is 21.3. The highest BCUT2D eigenvalue weighted by atomic mass is 16.6. The van der Waals surface area contributed by atoms with Crippen LogP contribution >= 0.6 is 0 Å². The molecule has 3 rings (SSSR count). The van der Waals surface area contributed by atoms with Crippen LogP contribution in [0.25, 0.3) is 10.9 Å². The van der Waals surface area contributed by atoms with E-state index in [0.717, 1.165) is 49.4 Å². The number of methoxy groups -OCH3 is 1. The number of cyclic esters (lactones) is 1. The molecule has 9 atom stereocenters. The number of likely N-dealkylation sites (N-methyl/N-ethyl adjacent to an activating group) is 3. The quantitative estimate of drug-likeness (QED) is 0.0952. The van der Waals surface area contributed by atoms with Gasteiger partial charge in [-0.2, -0.15) is 4.73 Å². The number of benzene rings is 1. The number of hydrogen-bond donors (Lipinski definition) is 3. The molecule has 2 heterocycles. The van der Waals surface area contributed by atoms with E-state index in [9.17, 15) is 28.8 Å². The molecule has 0 bridgehead atoms. The first-order valence-electron chi connectivity index (χ1n) is 26.8. The first-order chi connectivity index (χ1) is 35.0. The summed E-state index contributed by atoms with van der Waals surface area (Å²) < 4.78 is 12.3. The number of carbonyl (C=O) groups is 8. The molecule has 2 aromatic rings. The van der Waals surface area contributed by atoms with Crippen LogP contribution in [-0.2, 0) is 54.3 Å². The van der Waals surface area contributed by atoms with E-state index in [0.29, 0.717) is 5.56 Å². The maximum absolute atomic E-state index is 15.2. The van der Waals surface area contributed by atoms with Crippen molar-refractivity contribution in [2.75, 3.05) is 35.4 Å². The molecule has 9 unspecified atom stereocenters. The largest absolute Gasteiger partial charge is 0.466 e. The Bertz CT molecular complexity index is 2220. The Morgan fingerprint density at radius 1 is 0.689 bits per heavy atom. The van der Waals surface area contributed by atoms with Crippen LogP contribution in [0.1, 0.15) is 145 Å². The summed E-state index contributed by atoms with van der Waals surface area (Å²) >= 11 is 0. The topological polar surface area (TPSA) is 215 Å². The number of carbonyl (C=O) groups excluding carboxylic acids is 8. The summed E-state index contributed by atoms with van der Waals surface area (Å²) in [5.74, 6) is -5.58. The molecule has 1 saturated heterocycles. The van der Waals surface area contributed by atoms with Crippen LogP contribution in [0.5, 0.6) is 0 Å². The highest BCUT2D eigenvalue weighted by molar-refractivity contribution is 5.98. The van der Waals surface area contributed by atoms with Gasteiger partial charge in [-0.25, -0.2) is 9.59 Å². The number of nitrogens with zero attached hydrogens (tertiary/aromatic N) is 4. The van der Waals surface area contributed by atoms with Gasteiger partial charge in [0, 0.05) is 45.2 Å². The first-order valence-corrected chi connectivity index (χ1v) is 26.8. The van der Waals surface area contributed by atoms with Crippen molar-refractivity contribution in [3.05, 3.63) is 48.2 Å². The Labute approximate surface area is 440 Å². The predicted molar refractivity (Wildman–Crippen MR) is 285 cm³/mol. The smallest absolute Gasteiger partial charge is 0.330 e. The monoisotopic (exact) mass is 1040 g/mol. The van der Waals surface area contributed by atoms with Crippen molar-refractivity contribution in [1.82, 2.24) is 35.4 Å².